The third-order valence-corrected chi connectivity index (χ3v) is 6.84. The van der Waals surface area contributed by atoms with Gasteiger partial charge in [0.15, 0.2) is 0 Å². The van der Waals surface area contributed by atoms with Crippen molar-refractivity contribution in [3.8, 4) is 5.75 Å². The number of benzene rings is 2. The second-order valence-corrected chi connectivity index (χ2v) is 9.11. The molecule has 0 aromatic heterocycles. The van der Waals surface area contributed by atoms with Crippen LogP contribution in [0.5, 0.6) is 5.75 Å². The predicted octanol–water partition coefficient (Wildman–Crippen LogP) is 3.46. The van der Waals surface area contributed by atoms with Gasteiger partial charge in [-0.25, -0.2) is 8.42 Å². The lowest BCUT2D eigenvalue weighted by atomic mass is 10.2. The zero-order valence-corrected chi connectivity index (χ0v) is 17.8. The van der Waals surface area contributed by atoms with Crippen LogP contribution < -0.4 is 10.1 Å². The summed E-state index contributed by atoms with van der Waals surface area (Å²) in [4.78, 5) is 12.2. The third kappa shape index (κ3) is 6.43. The summed E-state index contributed by atoms with van der Waals surface area (Å²) in [5, 5.41) is 2.75. The number of hydrogen-bond donors (Lipinski definition) is 1. The molecule has 3 rings (SSSR count). The molecule has 0 spiro atoms. The first kappa shape index (κ1) is 22.1. The van der Waals surface area contributed by atoms with E-state index >= 15 is 0 Å². The van der Waals surface area contributed by atoms with Gasteiger partial charge in [-0.15, -0.1) is 0 Å². The molecule has 1 amide bonds. The molecule has 2 aromatic carbocycles. The summed E-state index contributed by atoms with van der Waals surface area (Å²) < 4.78 is 32.7. The fourth-order valence-corrected chi connectivity index (χ4v) is 4.79. The number of amides is 1. The quantitative estimate of drug-likeness (QED) is 0.516. The fourth-order valence-electron chi connectivity index (χ4n) is 3.27. The largest absolute Gasteiger partial charge is 0.492 e. The Bertz CT molecular complexity index is 933. The zero-order chi connectivity index (χ0) is 21.2. The van der Waals surface area contributed by atoms with Gasteiger partial charge in [0.1, 0.15) is 12.4 Å². The SMILES string of the molecule is O=C(/C=C/c1ccc(S(=O)(=O)N2CCCCCC2)cc1)NCCOc1ccccc1. The molecule has 0 radical (unpaired) electrons. The molecule has 160 valence electrons. The maximum atomic E-state index is 12.8. The van der Waals surface area contributed by atoms with E-state index in [1.807, 2.05) is 30.3 Å². The minimum absolute atomic E-state index is 0.229. The van der Waals surface area contributed by atoms with Crippen LogP contribution in [-0.4, -0.2) is 44.9 Å². The first-order chi connectivity index (χ1) is 14.6. The Balaban J connectivity index is 1.48. The van der Waals surface area contributed by atoms with E-state index in [0.29, 0.717) is 31.1 Å². The molecule has 1 heterocycles. The number of nitrogens with zero attached hydrogens (tertiary/aromatic N) is 1. The Kier molecular flexibility index (Phi) is 8.04. The van der Waals surface area contributed by atoms with Crippen molar-refractivity contribution in [3.63, 3.8) is 0 Å². The van der Waals surface area contributed by atoms with E-state index in [4.69, 9.17) is 4.74 Å². The lowest BCUT2D eigenvalue weighted by molar-refractivity contribution is -0.116. The summed E-state index contributed by atoms with van der Waals surface area (Å²) in [6.45, 7) is 1.94. The molecule has 1 saturated heterocycles. The molecule has 1 fully saturated rings. The average molecular weight is 429 g/mol. The van der Waals surface area contributed by atoms with E-state index in [0.717, 1.165) is 37.0 Å². The van der Waals surface area contributed by atoms with Crippen molar-refractivity contribution in [2.75, 3.05) is 26.2 Å². The van der Waals surface area contributed by atoms with Crippen LogP contribution in [0.3, 0.4) is 0 Å². The highest BCUT2D eigenvalue weighted by Gasteiger charge is 2.24. The molecular weight excluding hydrogens is 400 g/mol. The molecule has 1 N–H and O–H groups in total. The van der Waals surface area contributed by atoms with E-state index < -0.39 is 10.0 Å². The molecule has 0 bridgehead atoms. The topological polar surface area (TPSA) is 75.7 Å². The summed E-state index contributed by atoms with van der Waals surface area (Å²) >= 11 is 0. The van der Waals surface area contributed by atoms with Gasteiger partial charge in [0.05, 0.1) is 11.4 Å². The Morgan fingerprint density at radius 1 is 0.967 bits per heavy atom. The summed E-state index contributed by atoms with van der Waals surface area (Å²) in [6.07, 6.45) is 7.07. The minimum Gasteiger partial charge on any atom is -0.492 e. The minimum atomic E-state index is -3.46. The third-order valence-electron chi connectivity index (χ3n) is 4.92. The zero-order valence-electron chi connectivity index (χ0n) is 17.0. The maximum absolute atomic E-state index is 12.8. The Morgan fingerprint density at radius 3 is 2.30 bits per heavy atom. The Hall–Kier alpha value is -2.64. The van der Waals surface area contributed by atoms with E-state index in [1.165, 1.54) is 6.08 Å². The van der Waals surface area contributed by atoms with E-state index in [-0.39, 0.29) is 5.91 Å². The molecule has 0 saturated carbocycles. The number of hydrogen-bond acceptors (Lipinski definition) is 4. The predicted molar refractivity (Wildman–Crippen MR) is 118 cm³/mol. The van der Waals surface area contributed by atoms with Crippen LogP contribution in [-0.2, 0) is 14.8 Å². The van der Waals surface area contributed by atoms with Gasteiger partial charge in [-0.3, -0.25) is 4.79 Å². The normalized spacial score (nSPS) is 15.6. The molecule has 0 atom stereocenters. The van der Waals surface area contributed by atoms with E-state index in [2.05, 4.69) is 5.32 Å². The van der Waals surface area contributed by atoms with Gasteiger partial charge < -0.3 is 10.1 Å². The highest BCUT2D eigenvalue weighted by Crippen LogP contribution is 2.21. The van der Waals surface area contributed by atoms with Crippen LogP contribution in [0.4, 0.5) is 0 Å². The summed E-state index contributed by atoms with van der Waals surface area (Å²) in [6, 6.07) is 16.0. The lowest BCUT2D eigenvalue weighted by Gasteiger charge is -2.19. The van der Waals surface area contributed by atoms with Crippen molar-refractivity contribution in [1.82, 2.24) is 9.62 Å². The lowest BCUT2D eigenvalue weighted by Crippen LogP contribution is -2.31. The Morgan fingerprint density at radius 2 is 1.63 bits per heavy atom. The van der Waals surface area contributed by atoms with Gasteiger partial charge in [-0.1, -0.05) is 43.2 Å². The van der Waals surface area contributed by atoms with Crippen LogP contribution in [0.2, 0.25) is 0 Å². The van der Waals surface area contributed by atoms with Gasteiger partial charge in [0.25, 0.3) is 0 Å². The van der Waals surface area contributed by atoms with Crippen molar-refractivity contribution in [2.24, 2.45) is 0 Å². The smallest absolute Gasteiger partial charge is 0.244 e. The molecule has 30 heavy (non-hydrogen) atoms. The molecule has 0 unspecified atom stereocenters. The van der Waals surface area contributed by atoms with Crippen LogP contribution in [0.15, 0.2) is 65.6 Å². The molecule has 7 heteroatoms. The van der Waals surface area contributed by atoms with Gasteiger partial charge in [-0.2, -0.15) is 4.31 Å². The second-order valence-electron chi connectivity index (χ2n) is 7.17. The highest BCUT2D eigenvalue weighted by molar-refractivity contribution is 7.89. The number of sulfonamides is 1. The number of carbonyl (C=O) groups excluding carboxylic acids is 1. The summed E-state index contributed by atoms with van der Waals surface area (Å²) in [5.41, 5.74) is 0.764. The molecule has 2 aromatic rings. The first-order valence-corrected chi connectivity index (χ1v) is 11.7. The van der Waals surface area contributed by atoms with Crippen LogP contribution in [0.25, 0.3) is 6.08 Å². The van der Waals surface area contributed by atoms with Crippen LogP contribution >= 0.6 is 0 Å². The molecule has 0 aliphatic carbocycles. The van der Waals surface area contributed by atoms with Gasteiger partial charge in [0.2, 0.25) is 15.9 Å². The standard InChI is InChI=1S/C23H28N2O4S/c26-23(24-16-19-29-21-8-4-3-5-9-21)15-12-20-10-13-22(14-11-20)30(27,28)25-17-6-1-2-7-18-25/h3-5,8-15H,1-2,6-7,16-19H2,(H,24,26)/b15-12+. The maximum Gasteiger partial charge on any atom is 0.244 e. The van der Waals surface area contributed by atoms with Crippen molar-refractivity contribution in [3.05, 3.63) is 66.2 Å². The van der Waals surface area contributed by atoms with Gasteiger partial charge in [-0.05, 0) is 48.7 Å². The number of para-hydroxylation sites is 1. The van der Waals surface area contributed by atoms with Crippen LogP contribution in [0, 0.1) is 0 Å². The highest BCUT2D eigenvalue weighted by atomic mass is 32.2. The van der Waals surface area contributed by atoms with Gasteiger partial charge in [0, 0.05) is 19.2 Å². The van der Waals surface area contributed by atoms with Crippen molar-refractivity contribution in [1.29, 1.82) is 0 Å². The Labute approximate surface area is 178 Å². The van der Waals surface area contributed by atoms with Crippen molar-refractivity contribution in [2.45, 2.75) is 30.6 Å². The van der Waals surface area contributed by atoms with Crippen molar-refractivity contribution < 1.29 is 17.9 Å². The number of ether oxygens (including phenoxy) is 1. The van der Waals surface area contributed by atoms with Crippen molar-refractivity contribution >= 4 is 22.0 Å². The fraction of sp³-hybridized carbons (Fsp3) is 0.348. The molecular formula is C23H28N2O4S. The summed E-state index contributed by atoms with van der Waals surface area (Å²) in [5.74, 6) is 0.533. The van der Waals surface area contributed by atoms with Gasteiger partial charge >= 0.3 is 0 Å². The number of nitrogens with one attached hydrogen (secondary N) is 1. The molecule has 1 aliphatic heterocycles. The number of rotatable bonds is 8. The van der Waals surface area contributed by atoms with Crippen LogP contribution in [0.1, 0.15) is 31.2 Å². The second kappa shape index (κ2) is 10.9. The monoisotopic (exact) mass is 428 g/mol. The first-order valence-electron chi connectivity index (χ1n) is 10.3. The van der Waals surface area contributed by atoms with E-state index in [1.54, 1.807) is 34.6 Å². The molecule has 6 nitrogen and oxygen atoms in total. The van der Waals surface area contributed by atoms with E-state index in [9.17, 15) is 13.2 Å². The average Bonchev–Trinajstić information content (AvgIpc) is 3.07. The number of carbonyl (C=O) groups is 1. The molecule has 1 aliphatic rings. The summed E-state index contributed by atoms with van der Waals surface area (Å²) in [7, 11) is -3.46.